The predicted molar refractivity (Wildman–Crippen MR) is 111 cm³/mol. The Morgan fingerprint density at radius 1 is 1.14 bits per heavy atom. The maximum Gasteiger partial charge on any atom is 0.315 e. The smallest absolute Gasteiger partial charge is 0.315 e. The predicted octanol–water partition coefficient (Wildman–Crippen LogP) is 4.05. The third kappa shape index (κ3) is 4.04. The van der Waals surface area contributed by atoms with Crippen LogP contribution < -0.4 is 0 Å². The van der Waals surface area contributed by atoms with Crippen LogP contribution in [0.5, 0.6) is 0 Å². The molecule has 2 heterocycles. The SMILES string of the molecule is CC1=NC2=C(C(=O)CCC2)[C@H](c2cccnc2)C1C(=O)OCCc1ccccc1. The van der Waals surface area contributed by atoms with Crippen molar-refractivity contribution >= 4 is 17.5 Å². The van der Waals surface area contributed by atoms with Gasteiger partial charge in [-0.2, -0.15) is 0 Å². The van der Waals surface area contributed by atoms with Crippen LogP contribution in [0.2, 0.25) is 0 Å². The molecule has 0 fully saturated rings. The largest absolute Gasteiger partial charge is 0.465 e. The third-order valence-electron chi connectivity index (χ3n) is 5.61. The highest BCUT2D eigenvalue weighted by Gasteiger charge is 2.43. The summed E-state index contributed by atoms with van der Waals surface area (Å²) in [5.41, 5.74) is 4.16. The summed E-state index contributed by atoms with van der Waals surface area (Å²) in [7, 11) is 0. The number of hydrogen-bond donors (Lipinski definition) is 0. The Morgan fingerprint density at radius 2 is 1.97 bits per heavy atom. The first-order valence-corrected chi connectivity index (χ1v) is 10.1. The second-order valence-electron chi connectivity index (χ2n) is 7.54. The molecule has 0 radical (unpaired) electrons. The first kappa shape index (κ1) is 19.2. The van der Waals surface area contributed by atoms with Gasteiger partial charge >= 0.3 is 5.97 Å². The Morgan fingerprint density at radius 3 is 2.72 bits per heavy atom. The summed E-state index contributed by atoms with van der Waals surface area (Å²) < 4.78 is 5.65. The van der Waals surface area contributed by atoms with Gasteiger partial charge in [0.25, 0.3) is 0 Å². The molecule has 1 aliphatic heterocycles. The molecule has 0 N–H and O–H groups in total. The molecule has 2 atom stereocenters. The van der Waals surface area contributed by atoms with Gasteiger partial charge < -0.3 is 4.74 Å². The number of nitrogens with zero attached hydrogens (tertiary/aromatic N) is 2. The van der Waals surface area contributed by atoms with Crippen LogP contribution in [0.4, 0.5) is 0 Å². The summed E-state index contributed by atoms with van der Waals surface area (Å²) in [5.74, 6) is -1.23. The summed E-state index contributed by atoms with van der Waals surface area (Å²) in [4.78, 5) is 34.8. The molecule has 29 heavy (non-hydrogen) atoms. The fraction of sp³-hybridized carbons (Fsp3) is 0.333. The minimum atomic E-state index is -0.601. The van der Waals surface area contributed by atoms with E-state index in [0.717, 1.165) is 29.7 Å². The Hall–Kier alpha value is -3.08. The number of hydrogen-bond acceptors (Lipinski definition) is 5. The summed E-state index contributed by atoms with van der Waals surface area (Å²) in [6, 6.07) is 13.7. The van der Waals surface area contributed by atoms with Gasteiger partial charge in [0, 0.05) is 48.1 Å². The molecule has 5 heteroatoms. The molecule has 5 nitrogen and oxygen atoms in total. The minimum absolute atomic E-state index is 0.0819. The van der Waals surface area contributed by atoms with E-state index in [4.69, 9.17) is 4.74 Å². The summed E-state index contributed by atoms with van der Waals surface area (Å²) in [6.07, 6.45) is 6.16. The molecule has 2 aliphatic rings. The van der Waals surface area contributed by atoms with Crippen molar-refractivity contribution in [2.75, 3.05) is 6.61 Å². The lowest BCUT2D eigenvalue weighted by Crippen LogP contribution is -2.37. The summed E-state index contributed by atoms with van der Waals surface area (Å²) in [5, 5.41) is 0. The molecule has 0 amide bonds. The number of benzene rings is 1. The molecule has 1 aromatic carbocycles. The number of esters is 1. The molecular formula is C24H24N2O3. The lowest BCUT2D eigenvalue weighted by atomic mass is 9.72. The van der Waals surface area contributed by atoms with Crippen molar-refractivity contribution < 1.29 is 14.3 Å². The van der Waals surface area contributed by atoms with Crippen LogP contribution in [0.25, 0.3) is 0 Å². The van der Waals surface area contributed by atoms with E-state index in [1.165, 1.54) is 0 Å². The normalized spacial score (nSPS) is 21.4. The zero-order valence-electron chi connectivity index (χ0n) is 16.5. The second-order valence-corrected chi connectivity index (χ2v) is 7.54. The molecule has 0 spiro atoms. The molecule has 0 saturated carbocycles. The highest BCUT2D eigenvalue weighted by molar-refractivity contribution is 6.08. The molecule has 4 rings (SSSR count). The van der Waals surface area contributed by atoms with Crippen LogP contribution in [0, 0.1) is 5.92 Å². The number of ketones is 1. The Kier molecular flexibility index (Phi) is 5.65. The van der Waals surface area contributed by atoms with Crippen LogP contribution in [0.3, 0.4) is 0 Å². The van der Waals surface area contributed by atoms with Gasteiger partial charge in [-0.25, -0.2) is 0 Å². The van der Waals surface area contributed by atoms with Crippen LogP contribution in [0.1, 0.15) is 43.2 Å². The fourth-order valence-corrected chi connectivity index (χ4v) is 4.24. The van der Waals surface area contributed by atoms with Crippen LogP contribution >= 0.6 is 0 Å². The van der Waals surface area contributed by atoms with E-state index in [0.29, 0.717) is 30.7 Å². The molecule has 148 valence electrons. The molecule has 0 saturated heterocycles. The monoisotopic (exact) mass is 388 g/mol. The highest BCUT2D eigenvalue weighted by Crippen LogP contribution is 2.43. The number of allylic oxidation sites excluding steroid dienone is 2. The maximum absolute atomic E-state index is 13.1. The number of aromatic nitrogens is 1. The van der Waals surface area contributed by atoms with Crippen molar-refractivity contribution in [2.45, 2.75) is 38.5 Å². The molecule has 2 aromatic rings. The van der Waals surface area contributed by atoms with E-state index in [1.807, 2.05) is 49.4 Å². The van der Waals surface area contributed by atoms with E-state index in [2.05, 4.69) is 9.98 Å². The quantitative estimate of drug-likeness (QED) is 0.725. The van der Waals surface area contributed by atoms with E-state index in [9.17, 15) is 9.59 Å². The standard InChI is InChI=1S/C24H24N2O3/c1-16-21(24(28)29-14-12-17-7-3-2-4-8-17)22(18-9-6-13-25-15-18)23-19(26-16)10-5-11-20(23)27/h2-4,6-9,13,15,21-22H,5,10-12,14H2,1H3/t21?,22-/m1/s1. The van der Waals surface area contributed by atoms with Crippen molar-refractivity contribution in [3.8, 4) is 0 Å². The molecule has 1 unspecified atom stereocenters. The lowest BCUT2D eigenvalue weighted by molar-refractivity contribution is -0.146. The van der Waals surface area contributed by atoms with Gasteiger partial charge in [-0.3, -0.25) is 19.6 Å². The molecule has 1 aromatic heterocycles. The van der Waals surface area contributed by atoms with E-state index in [1.54, 1.807) is 12.4 Å². The lowest BCUT2D eigenvalue weighted by Gasteiger charge is -2.34. The molecular weight excluding hydrogens is 364 g/mol. The average Bonchev–Trinajstić information content (AvgIpc) is 2.74. The van der Waals surface area contributed by atoms with Crippen LogP contribution in [-0.2, 0) is 20.7 Å². The molecule has 0 bridgehead atoms. The van der Waals surface area contributed by atoms with Crippen molar-refractivity contribution in [3.05, 3.63) is 77.3 Å². The van der Waals surface area contributed by atoms with Crippen molar-refractivity contribution in [1.82, 2.24) is 4.98 Å². The van der Waals surface area contributed by atoms with Gasteiger partial charge in [-0.1, -0.05) is 36.4 Å². The average molecular weight is 388 g/mol. The number of carbonyl (C=O) groups excluding carboxylic acids is 2. The van der Waals surface area contributed by atoms with Crippen molar-refractivity contribution in [3.63, 3.8) is 0 Å². The van der Waals surface area contributed by atoms with Crippen molar-refractivity contribution in [1.29, 1.82) is 0 Å². The zero-order chi connectivity index (χ0) is 20.2. The Bertz CT molecular complexity index is 964. The first-order chi connectivity index (χ1) is 14.1. The number of pyridine rings is 1. The third-order valence-corrected chi connectivity index (χ3v) is 5.61. The van der Waals surface area contributed by atoms with Gasteiger partial charge in [0.15, 0.2) is 5.78 Å². The van der Waals surface area contributed by atoms with Gasteiger partial charge in [0.1, 0.15) is 5.92 Å². The number of ether oxygens (including phenoxy) is 1. The van der Waals surface area contributed by atoms with Crippen LogP contribution in [-0.4, -0.2) is 29.1 Å². The zero-order valence-corrected chi connectivity index (χ0v) is 16.5. The highest BCUT2D eigenvalue weighted by atomic mass is 16.5. The van der Waals surface area contributed by atoms with E-state index >= 15 is 0 Å². The summed E-state index contributed by atoms with van der Waals surface area (Å²) >= 11 is 0. The second kappa shape index (κ2) is 8.52. The van der Waals surface area contributed by atoms with Crippen molar-refractivity contribution in [2.24, 2.45) is 10.9 Å². The topological polar surface area (TPSA) is 68.6 Å². The molecule has 1 aliphatic carbocycles. The van der Waals surface area contributed by atoms with Crippen LogP contribution in [0.15, 0.2) is 71.1 Å². The number of rotatable bonds is 5. The Balaban J connectivity index is 1.60. The first-order valence-electron chi connectivity index (χ1n) is 10.1. The van der Waals surface area contributed by atoms with E-state index < -0.39 is 5.92 Å². The Labute approximate surface area is 170 Å². The van der Waals surface area contributed by atoms with Gasteiger partial charge in [-0.15, -0.1) is 0 Å². The minimum Gasteiger partial charge on any atom is -0.465 e. The van der Waals surface area contributed by atoms with Gasteiger partial charge in [-0.05, 0) is 37.0 Å². The maximum atomic E-state index is 13.1. The van der Waals surface area contributed by atoms with Gasteiger partial charge in [0.2, 0.25) is 0 Å². The van der Waals surface area contributed by atoms with E-state index in [-0.39, 0.29) is 17.7 Å². The number of aliphatic imine (C=N–C) groups is 1. The summed E-state index contributed by atoms with van der Waals surface area (Å²) in [6.45, 7) is 2.15. The van der Waals surface area contributed by atoms with Gasteiger partial charge in [0.05, 0.1) is 6.61 Å². The fourth-order valence-electron chi connectivity index (χ4n) is 4.24. The number of Topliss-reactive ketones (excluding diaryl/α,β-unsaturated/α-hetero) is 1. The number of carbonyl (C=O) groups is 2.